The van der Waals surface area contributed by atoms with Crippen molar-refractivity contribution in [2.24, 2.45) is 7.05 Å². The minimum Gasteiger partial charge on any atom is -0.350 e. The van der Waals surface area contributed by atoms with Crippen molar-refractivity contribution >= 4 is 10.9 Å². The third kappa shape index (κ3) is 3.19. The van der Waals surface area contributed by atoms with Gasteiger partial charge in [0.05, 0.1) is 5.52 Å². The maximum atomic E-state index is 3.49. The molecule has 1 heterocycles. The highest BCUT2D eigenvalue weighted by molar-refractivity contribution is 5.86. The quantitative estimate of drug-likeness (QED) is 0.782. The Labute approximate surface area is 116 Å². The fraction of sp³-hybridized carbons (Fsp3) is 0.529. The van der Waals surface area contributed by atoms with E-state index in [1.165, 1.54) is 28.5 Å². The Morgan fingerprint density at radius 3 is 2.68 bits per heavy atom. The minimum atomic E-state index is 0.583. The molecule has 1 N–H and O–H groups in total. The summed E-state index contributed by atoms with van der Waals surface area (Å²) in [4.78, 5) is 0. The van der Waals surface area contributed by atoms with Crippen LogP contribution in [0.3, 0.4) is 0 Å². The van der Waals surface area contributed by atoms with E-state index in [0.717, 1.165) is 19.4 Å². The van der Waals surface area contributed by atoms with Gasteiger partial charge >= 0.3 is 0 Å². The second-order valence-electron chi connectivity index (χ2n) is 5.64. The molecule has 0 amide bonds. The van der Waals surface area contributed by atoms with Gasteiger partial charge in [-0.15, -0.1) is 0 Å². The molecule has 2 aromatic rings. The van der Waals surface area contributed by atoms with Crippen molar-refractivity contribution in [3.8, 4) is 0 Å². The van der Waals surface area contributed by atoms with Gasteiger partial charge in [0.25, 0.3) is 0 Å². The summed E-state index contributed by atoms with van der Waals surface area (Å²) in [5.74, 6) is 0. The van der Waals surface area contributed by atoms with Crippen molar-refractivity contribution in [1.82, 2.24) is 9.88 Å². The number of nitrogens with zero attached hydrogens (tertiary/aromatic N) is 1. The molecule has 0 bridgehead atoms. The van der Waals surface area contributed by atoms with E-state index in [1.54, 1.807) is 0 Å². The molecule has 0 radical (unpaired) electrons. The Kier molecular flexibility index (Phi) is 4.65. The number of aryl methyl sites for hydroxylation is 3. The van der Waals surface area contributed by atoms with Crippen molar-refractivity contribution in [3.63, 3.8) is 0 Å². The lowest BCUT2D eigenvalue weighted by molar-refractivity contribution is 0.571. The molecule has 0 unspecified atom stereocenters. The number of hydrogen-bond acceptors (Lipinski definition) is 1. The van der Waals surface area contributed by atoms with E-state index in [1.807, 2.05) is 0 Å². The van der Waals surface area contributed by atoms with Crippen molar-refractivity contribution in [2.45, 2.75) is 46.1 Å². The normalized spacial score (nSPS) is 11.6. The predicted octanol–water partition coefficient (Wildman–Crippen LogP) is 3.67. The number of rotatable bonds is 6. The minimum absolute atomic E-state index is 0.583. The van der Waals surface area contributed by atoms with E-state index in [9.17, 15) is 0 Å². The number of nitrogens with one attached hydrogen (secondary N) is 1. The lowest BCUT2D eigenvalue weighted by Gasteiger charge is -2.07. The zero-order valence-electron chi connectivity index (χ0n) is 12.7. The summed E-state index contributed by atoms with van der Waals surface area (Å²) in [6.45, 7) is 7.73. The third-order valence-electron chi connectivity index (χ3n) is 3.72. The van der Waals surface area contributed by atoms with Gasteiger partial charge in [-0.25, -0.2) is 0 Å². The highest BCUT2D eigenvalue weighted by atomic mass is 14.9. The monoisotopic (exact) mass is 258 g/mol. The first-order chi connectivity index (χ1) is 9.13. The second-order valence-corrected chi connectivity index (χ2v) is 5.64. The summed E-state index contributed by atoms with van der Waals surface area (Å²) in [5, 5.41) is 4.92. The van der Waals surface area contributed by atoms with Crippen LogP contribution in [0.4, 0.5) is 0 Å². The first kappa shape index (κ1) is 14.1. The maximum absolute atomic E-state index is 3.49. The molecule has 0 atom stereocenters. The van der Waals surface area contributed by atoms with E-state index >= 15 is 0 Å². The number of para-hydroxylation sites is 1. The average molecular weight is 258 g/mol. The Morgan fingerprint density at radius 2 is 2.00 bits per heavy atom. The van der Waals surface area contributed by atoms with Gasteiger partial charge in [-0.2, -0.15) is 0 Å². The van der Waals surface area contributed by atoms with Crippen LogP contribution in [-0.2, 0) is 19.9 Å². The largest absolute Gasteiger partial charge is 0.350 e. The van der Waals surface area contributed by atoms with Crippen LogP contribution in [0.5, 0.6) is 0 Å². The topological polar surface area (TPSA) is 17.0 Å². The van der Waals surface area contributed by atoms with E-state index in [-0.39, 0.29) is 0 Å². The first-order valence-electron chi connectivity index (χ1n) is 7.42. The molecular formula is C17H26N2. The van der Waals surface area contributed by atoms with Crippen LogP contribution in [0.15, 0.2) is 24.4 Å². The highest BCUT2D eigenvalue weighted by Gasteiger charge is 2.09. The summed E-state index contributed by atoms with van der Waals surface area (Å²) in [6.07, 6.45) is 5.76. The zero-order chi connectivity index (χ0) is 13.8. The average Bonchev–Trinajstić information content (AvgIpc) is 2.72. The van der Waals surface area contributed by atoms with Gasteiger partial charge in [0.1, 0.15) is 0 Å². The number of aromatic nitrogens is 1. The first-order valence-corrected chi connectivity index (χ1v) is 7.42. The molecule has 2 heteroatoms. The highest BCUT2D eigenvalue weighted by Crippen LogP contribution is 2.25. The zero-order valence-corrected chi connectivity index (χ0v) is 12.7. The number of fused-ring (bicyclic) bond motifs is 1. The molecule has 1 aromatic heterocycles. The summed E-state index contributed by atoms with van der Waals surface area (Å²) in [6, 6.07) is 7.28. The molecule has 104 valence electrons. The molecule has 0 fully saturated rings. The SMILES string of the molecule is CCc1cccc2c(CCCNC(C)C)cn(C)c12. The van der Waals surface area contributed by atoms with Gasteiger partial charge in [-0.05, 0) is 36.9 Å². The van der Waals surface area contributed by atoms with Gasteiger partial charge in [-0.3, -0.25) is 0 Å². The summed E-state index contributed by atoms with van der Waals surface area (Å²) >= 11 is 0. The van der Waals surface area contributed by atoms with Crippen molar-refractivity contribution in [1.29, 1.82) is 0 Å². The van der Waals surface area contributed by atoms with Crippen LogP contribution in [-0.4, -0.2) is 17.2 Å². The van der Waals surface area contributed by atoms with E-state index in [0.29, 0.717) is 6.04 Å². The van der Waals surface area contributed by atoms with Crippen LogP contribution in [0.1, 0.15) is 38.3 Å². The fourth-order valence-corrected chi connectivity index (χ4v) is 2.79. The Bertz CT molecular complexity index is 537. The van der Waals surface area contributed by atoms with Gasteiger partial charge in [0, 0.05) is 24.7 Å². The molecule has 2 nitrogen and oxygen atoms in total. The second kappa shape index (κ2) is 6.25. The summed E-state index contributed by atoms with van der Waals surface area (Å²) in [5.41, 5.74) is 4.35. The van der Waals surface area contributed by atoms with Gasteiger partial charge in [-0.1, -0.05) is 39.0 Å². The summed E-state index contributed by atoms with van der Waals surface area (Å²) in [7, 11) is 2.16. The predicted molar refractivity (Wildman–Crippen MR) is 83.8 cm³/mol. The van der Waals surface area contributed by atoms with Crippen molar-refractivity contribution < 1.29 is 0 Å². The molecule has 0 spiro atoms. The summed E-state index contributed by atoms with van der Waals surface area (Å²) < 4.78 is 2.29. The smallest absolute Gasteiger partial charge is 0.0512 e. The van der Waals surface area contributed by atoms with Crippen LogP contribution in [0.25, 0.3) is 10.9 Å². The van der Waals surface area contributed by atoms with Crippen molar-refractivity contribution in [3.05, 3.63) is 35.5 Å². The van der Waals surface area contributed by atoms with Crippen molar-refractivity contribution in [2.75, 3.05) is 6.54 Å². The molecule has 2 rings (SSSR count). The van der Waals surface area contributed by atoms with E-state index < -0.39 is 0 Å². The number of benzene rings is 1. The Hall–Kier alpha value is -1.28. The Balaban J connectivity index is 2.16. The molecule has 0 aliphatic rings. The standard InChI is InChI=1S/C17H26N2/c1-5-14-8-6-10-16-15(12-19(4)17(14)16)9-7-11-18-13(2)3/h6,8,10,12-13,18H,5,7,9,11H2,1-4H3. The molecular weight excluding hydrogens is 232 g/mol. The fourth-order valence-electron chi connectivity index (χ4n) is 2.79. The van der Waals surface area contributed by atoms with Crippen LogP contribution in [0.2, 0.25) is 0 Å². The number of hydrogen-bond donors (Lipinski definition) is 1. The van der Waals surface area contributed by atoms with Gasteiger partial charge < -0.3 is 9.88 Å². The molecule has 0 saturated carbocycles. The van der Waals surface area contributed by atoms with Crippen LogP contribution in [0, 0.1) is 0 Å². The molecule has 0 saturated heterocycles. The molecule has 19 heavy (non-hydrogen) atoms. The van der Waals surface area contributed by atoms with Crippen LogP contribution < -0.4 is 5.32 Å². The Morgan fingerprint density at radius 1 is 1.21 bits per heavy atom. The van der Waals surface area contributed by atoms with E-state index in [4.69, 9.17) is 0 Å². The van der Waals surface area contributed by atoms with Gasteiger partial charge in [0.15, 0.2) is 0 Å². The lowest BCUT2D eigenvalue weighted by atomic mass is 10.0. The van der Waals surface area contributed by atoms with Gasteiger partial charge in [0.2, 0.25) is 0 Å². The van der Waals surface area contributed by atoms with Crippen LogP contribution >= 0.6 is 0 Å². The molecule has 0 aliphatic carbocycles. The van der Waals surface area contributed by atoms with E-state index in [2.05, 4.69) is 62.1 Å². The molecule has 0 aliphatic heterocycles. The lowest BCUT2D eigenvalue weighted by Crippen LogP contribution is -2.23. The third-order valence-corrected chi connectivity index (χ3v) is 3.72. The maximum Gasteiger partial charge on any atom is 0.0512 e. The molecule has 1 aromatic carbocycles.